The number of H-pyrrole nitrogens is 1. The average Bonchev–Trinajstić information content (AvgIpc) is 3.10. The Labute approximate surface area is 149 Å². The molecular formula is C15H10ClF3N6O. The van der Waals surface area contributed by atoms with Gasteiger partial charge < -0.3 is 10.6 Å². The molecule has 3 aromatic rings. The number of carbonyl (C=O) groups is 1. The van der Waals surface area contributed by atoms with Crippen LogP contribution in [0.3, 0.4) is 0 Å². The zero-order valence-corrected chi connectivity index (χ0v) is 13.6. The first-order valence-electron chi connectivity index (χ1n) is 7.12. The van der Waals surface area contributed by atoms with E-state index in [4.69, 9.17) is 11.6 Å². The van der Waals surface area contributed by atoms with Crippen LogP contribution < -0.4 is 10.6 Å². The molecule has 2 amide bonds. The van der Waals surface area contributed by atoms with Crippen LogP contribution in [-0.2, 0) is 6.18 Å². The molecule has 0 saturated carbocycles. The van der Waals surface area contributed by atoms with Gasteiger partial charge in [-0.3, -0.25) is 0 Å². The van der Waals surface area contributed by atoms with Crippen LogP contribution in [0.5, 0.6) is 0 Å². The van der Waals surface area contributed by atoms with Crippen molar-refractivity contribution < 1.29 is 18.0 Å². The summed E-state index contributed by atoms with van der Waals surface area (Å²) in [7, 11) is 0. The molecule has 0 saturated heterocycles. The van der Waals surface area contributed by atoms with Gasteiger partial charge in [0.15, 0.2) is 0 Å². The highest BCUT2D eigenvalue weighted by atomic mass is 35.5. The van der Waals surface area contributed by atoms with Crippen LogP contribution in [0.4, 0.5) is 29.3 Å². The second-order valence-electron chi connectivity index (χ2n) is 5.05. The third kappa shape index (κ3) is 3.91. The van der Waals surface area contributed by atoms with Gasteiger partial charge in [-0.05, 0) is 35.5 Å². The molecule has 0 aliphatic heterocycles. The van der Waals surface area contributed by atoms with Crippen molar-refractivity contribution in [2.24, 2.45) is 0 Å². The van der Waals surface area contributed by atoms with E-state index in [1.165, 1.54) is 30.3 Å². The summed E-state index contributed by atoms with van der Waals surface area (Å²) in [5, 5.41) is 18.3. The molecule has 2 aromatic carbocycles. The number of benzene rings is 2. The maximum absolute atomic E-state index is 13.0. The molecule has 0 fully saturated rings. The summed E-state index contributed by atoms with van der Waals surface area (Å²) in [6.07, 6.45) is -4.60. The number of nitrogens with one attached hydrogen (secondary N) is 3. The number of carbonyl (C=O) groups excluding carboxylic acids is 1. The van der Waals surface area contributed by atoms with E-state index in [1.54, 1.807) is 0 Å². The summed E-state index contributed by atoms with van der Waals surface area (Å²) in [5.41, 5.74) is -0.722. The summed E-state index contributed by atoms with van der Waals surface area (Å²) in [6.45, 7) is 0. The smallest absolute Gasteiger partial charge is 0.307 e. The Morgan fingerprint density at radius 2 is 1.81 bits per heavy atom. The number of halogens is 4. The summed E-state index contributed by atoms with van der Waals surface area (Å²) < 4.78 is 39.0. The maximum atomic E-state index is 13.0. The van der Waals surface area contributed by atoms with Gasteiger partial charge in [0.25, 0.3) is 0 Å². The minimum Gasteiger partial charge on any atom is -0.307 e. The number of alkyl halides is 3. The van der Waals surface area contributed by atoms with Crippen LogP contribution in [0.1, 0.15) is 5.56 Å². The van der Waals surface area contributed by atoms with Crippen molar-refractivity contribution in [1.82, 2.24) is 20.6 Å². The largest absolute Gasteiger partial charge is 0.418 e. The molecule has 3 N–H and O–H groups in total. The standard InChI is InChI=1S/C15H10ClF3N6O/c16-8-5-6-11(9(7-8)13-22-24-25-23-13)20-14(26)21-12-4-2-1-3-10(12)15(17,18)19/h1-7H,(H2,20,21,26)(H,22,23,24,25). The van der Waals surface area contributed by atoms with Crippen LogP contribution >= 0.6 is 11.6 Å². The van der Waals surface area contributed by atoms with E-state index < -0.39 is 17.8 Å². The summed E-state index contributed by atoms with van der Waals surface area (Å²) in [6, 6.07) is 8.26. The van der Waals surface area contributed by atoms with E-state index in [0.29, 0.717) is 10.6 Å². The fraction of sp³-hybridized carbons (Fsp3) is 0.0667. The molecule has 0 aliphatic rings. The molecule has 7 nitrogen and oxygen atoms in total. The van der Waals surface area contributed by atoms with E-state index in [0.717, 1.165) is 12.1 Å². The molecule has 0 bridgehead atoms. The number of hydrogen-bond acceptors (Lipinski definition) is 4. The first-order chi connectivity index (χ1) is 12.3. The number of aromatic nitrogens is 4. The Kier molecular flexibility index (Phi) is 4.76. The molecule has 3 rings (SSSR count). The third-order valence-electron chi connectivity index (χ3n) is 3.30. The zero-order chi connectivity index (χ0) is 18.7. The monoisotopic (exact) mass is 382 g/mol. The maximum Gasteiger partial charge on any atom is 0.418 e. The van der Waals surface area contributed by atoms with Crippen molar-refractivity contribution in [3.63, 3.8) is 0 Å². The molecule has 11 heteroatoms. The molecule has 0 unspecified atom stereocenters. The van der Waals surface area contributed by atoms with Gasteiger partial charge in [0, 0.05) is 10.6 Å². The number of amides is 2. The van der Waals surface area contributed by atoms with E-state index in [2.05, 4.69) is 31.3 Å². The fourth-order valence-electron chi connectivity index (χ4n) is 2.20. The summed E-state index contributed by atoms with van der Waals surface area (Å²) in [4.78, 5) is 12.2. The molecule has 26 heavy (non-hydrogen) atoms. The summed E-state index contributed by atoms with van der Waals surface area (Å²) >= 11 is 5.93. The predicted molar refractivity (Wildman–Crippen MR) is 88.7 cm³/mol. The lowest BCUT2D eigenvalue weighted by atomic mass is 10.1. The normalized spacial score (nSPS) is 11.2. The lowest BCUT2D eigenvalue weighted by Crippen LogP contribution is -2.22. The molecule has 1 heterocycles. The average molecular weight is 383 g/mol. The highest BCUT2D eigenvalue weighted by molar-refractivity contribution is 6.31. The predicted octanol–water partition coefficient (Wildman–Crippen LogP) is 4.18. The Morgan fingerprint density at radius 3 is 2.50 bits per heavy atom. The van der Waals surface area contributed by atoms with Gasteiger partial charge >= 0.3 is 12.2 Å². The summed E-state index contributed by atoms with van der Waals surface area (Å²) in [5.74, 6) is 0.165. The lowest BCUT2D eigenvalue weighted by molar-refractivity contribution is -0.136. The van der Waals surface area contributed by atoms with Crippen molar-refractivity contribution in [1.29, 1.82) is 0 Å². The van der Waals surface area contributed by atoms with Gasteiger partial charge in [-0.25, -0.2) is 4.79 Å². The Hall–Kier alpha value is -3.14. The number of para-hydroxylation sites is 1. The number of anilines is 2. The Bertz CT molecular complexity index is 929. The fourth-order valence-corrected chi connectivity index (χ4v) is 2.37. The van der Waals surface area contributed by atoms with E-state index in [-0.39, 0.29) is 17.2 Å². The van der Waals surface area contributed by atoms with Crippen molar-refractivity contribution >= 4 is 29.0 Å². The lowest BCUT2D eigenvalue weighted by Gasteiger charge is -2.15. The molecule has 0 spiro atoms. The number of aromatic amines is 1. The first kappa shape index (κ1) is 17.7. The van der Waals surface area contributed by atoms with Crippen LogP contribution in [0.2, 0.25) is 5.02 Å². The van der Waals surface area contributed by atoms with Crippen molar-refractivity contribution in [3.8, 4) is 11.4 Å². The van der Waals surface area contributed by atoms with E-state index >= 15 is 0 Å². The van der Waals surface area contributed by atoms with Gasteiger partial charge in [-0.1, -0.05) is 23.7 Å². The quantitative estimate of drug-likeness (QED) is 0.633. The zero-order valence-electron chi connectivity index (χ0n) is 12.8. The van der Waals surface area contributed by atoms with Gasteiger partial charge in [-0.15, -0.1) is 10.2 Å². The molecule has 0 aliphatic carbocycles. The third-order valence-corrected chi connectivity index (χ3v) is 3.53. The van der Waals surface area contributed by atoms with E-state index in [1.807, 2.05) is 0 Å². The van der Waals surface area contributed by atoms with Crippen LogP contribution in [0.15, 0.2) is 42.5 Å². The Balaban J connectivity index is 1.85. The van der Waals surface area contributed by atoms with Gasteiger partial charge in [0.2, 0.25) is 5.82 Å². The van der Waals surface area contributed by atoms with Gasteiger partial charge in [0.1, 0.15) is 0 Å². The number of nitrogens with zero attached hydrogens (tertiary/aromatic N) is 3. The number of hydrogen-bond donors (Lipinski definition) is 3. The molecule has 0 radical (unpaired) electrons. The molecule has 0 atom stereocenters. The Morgan fingerprint density at radius 1 is 1.08 bits per heavy atom. The second-order valence-corrected chi connectivity index (χ2v) is 5.48. The molecule has 134 valence electrons. The van der Waals surface area contributed by atoms with Crippen molar-refractivity contribution in [3.05, 3.63) is 53.1 Å². The number of urea groups is 1. The van der Waals surface area contributed by atoms with E-state index in [9.17, 15) is 18.0 Å². The van der Waals surface area contributed by atoms with Crippen molar-refractivity contribution in [2.75, 3.05) is 10.6 Å². The number of rotatable bonds is 3. The topological polar surface area (TPSA) is 95.6 Å². The van der Waals surface area contributed by atoms with Gasteiger partial charge in [-0.2, -0.15) is 18.4 Å². The number of tetrazole rings is 1. The first-order valence-corrected chi connectivity index (χ1v) is 7.50. The highest BCUT2D eigenvalue weighted by Crippen LogP contribution is 2.35. The van der Waals surface area contributed by atoms with Crippen LogP contribution in [0, 0.1) is 0 Å². The van der Waals surface area contributed by atoms with Crippen LogP contribution in [0.25, 0.3) is 11.4 Å². The molecule has 1 aromatic heterocycles. The SMILES string of the molecule is O=C(Nc1ccc(Cl)cc1-c1nn[nH]n1)Nc1ccccc1C(F)(F)F. The van der Waals surface area contributed by atoms with Gasteiger partial charge in [0.05, 0.1) is 16.9 Å². The minimum atomic E-state index is -4.60. The van der Waals surface area contributed by atoms with Crippen LogP contribution in [-0.4, -0.2) is 26.7 Å². The minimum absolute atomic E-state index is 0.165. The molecular weight excluding hydrogens is 373 g/mol. The second kappa shape index (κ2) is 7.00. The highest BCUT2D eigenvalue weighted by Gasteiger charge is 2.33. The van der Waals surface area contributed by atoms with Crippen molar-refractivity contribution in [2.45, 2.75) is 6.18 Å².